The predicted octanol–water partition coefficient (Wildman–Crippen LogP) is 2.31. The van der Waals surface area contributed by atoms with E-state index >= 15 is 0 Å². The highest BCUT2D eigenvalue weighted by atomic mass is 19.1. The molecule has 2 aromatic carbocycles. The summed E-state index contributed by atoms with van der Waals surface area (Å²) in [4.78, 5) is 23.3. The minimum atomic E-state index is -0.746. The molecule has 0 aliphatic rings. The van der Waals surface area contributed by atoms with E-state index in [4.69, 9.17) is 9.47 Å². The van der Waals surface area contributed by atoms with E-state index in [2.05, 4.69) is 5.32 Å². The van der Waals surface area contributed by atoms with E-state index in [1.54, 1.807) is 19.2 Å². The second kappa shape index (κ2) is 7.93. The number of carbonyl (C=O) groups excluding carboxylic acids is 2. The summed E-state index contributed by atoms with van der Waals surface area (Å²) in [7, 11) is 1.57. The van der Waals surface area contributed by atoms with Crippen LogP contribution in [-0.2, 0) is 16.1 Å². The van der Waals surface area contributed by atoms with E-state index in [1.807, 2.05) is 12.1 Å². The fourth-order valence-corrected chi connectivity index (χ4v) is 1.82. The van der Waals surface area contributed by atoms with Crippen LogP contribution in [0.25, 0.3) is 0 Å². The molecule has 120 valence electrons. The molecule has 0 aromatic heterocycles. The van der Waals surface area contributed by atoms with Gasteiger partial charge in [0.25, 0.3) is 5.91 Å². The molecule has 2 aromatic rings. The number of halogens is 1. The van der Waals surface area contributed by atoms with Crippen LogP contribution in [0.15, 0.2) is 48.5 Å². The average molecular weight is 317 g/mol. The molecule has 0 aliphatic carbocycles. The first kappa shape index (κ1) is 16.5. The van der Waals surface area contributed by atoms with Gasteiger partial charge in [0.2, 0.25) is 0 Å². The first-order valence-corrected chi connectivity index (χ1v) is 6.91. The van der Waals surface area contributed by atoms with Gasteiger partial charge in [-0.1, -0.05) is 18.2 Å². The molecule has 0 fully saturated rings. The van der Waals surface area contributed by atoms with Crippen molar-refractivity contribution in [3.05, 3.63) is 65.5 Å². The van der Waals surface area contributed by atoms with E-state index in [0.717, 1.165) is 17.4 Å². The molecule has 0 radical (unpaired) electrons. The Balaban J connectivity index is 1.77. The van der Waals surface area contributed by atoms with Gasteiger partial charge in [-0.3, -0.25) is 4.79 Å². The molecule has 23 heavy (non-hydrogen) atoms. The van der Waals surface area contributed by atoms with E-state index < -0.39 is 24.3 Å². The van der Waals surface area contributed by atoms with Gasteiger partial charge in [0.05, 0.1) is 12.7 Å². The Labute approximate surface area is 133 Å². The van der Waals surface area contributed by atoms with Gasteiger partial charge in [0.15, 0.2) is 6.61 Å². The van der Waals surface area contributed by atoms with Crippen molar-refractivity contribution in [1.82, 2.24) is 5.32 Å². The highest BCUT2D eigenvalue weighted by Gasteiger charge is 2.10. The molecule has 0 heterocycles. The van der Waals surface area contributed by atoms with Crippen LogP contribution in [0.5, 0.6) is 5.75 Å². The first-order valence-electron chi connectivity index (χ1n) is 6.91. The Hall–Kier alpha value is -2.89. The number of hydrogen-bond donors (Lipinski definition) is 1. The normalized spacial score (nSPS) is 10.0. The zero-order valence-electron chi connectivity index (χ0n) is 12.5. The third-order valence-corrected chi connectivity index (χ3v) is 3.04. The van der Waals surface area contributed by atoms with E-state index in [-0.39, 0.29) is 5.56 Å². The summed E-state index contributed by atoms with van der Waals surface area (Å²) in [6, 6.07) is 12.3. The minimum absolute atomic E-state index is 0.0629. The number of esters is 1. The number of amides is 1. The number of methoxy groups -OCH3 is 1. The van der Waals surface area contributed by atoms with Crippen molar-refractivity contribution in [3.63, 3.8) is 0 Å². The van der Waals surface area contributed by atoms with Gasteiger partial charge in [0, 0.05) is 6.54 Å². The molecule has 2 rings (SSSR count). The van der Waals surface area contributed by atoms with Crippen LogP contribution < -0.4 is 10.1 Å². The molecular formula is C17H16FNO4. The zero-order valence-corrected chi connectivity index (χ0v) is 12.5. The largest absolute Gasteiger partial charge is 0.497 e. The van der Waals surface area contributed by atoms with Gasteiger partial charge in [0.1, 0.15) is 11.6 Å². The van der Waals surface area contributed by atoms with Crippen LogP contribution in [0, 0.1) is 5.82 Å². The van der Waals surface area contributed by atoms with Crippen LogP contribution in [-0.4, -0.2) is 25.6 Å². The van der Waals surface area contributed by atoms with Crippen LogP contribution >= 0.6 is 0 Å². The molecule has 0 aliphatic heterocycles. The van der Waals surface area contributed by atoms with Crippen LogP contribution in [0.4, 0.5) is 4.39 Å². The van der Waals surface area contributed by atoms with Crippen LogP contribution in [0.2, 0.25) is 0 Å². The molecule has 5 nitrogen and oxygen atoms in total. The third kappa shape index (κ3) is 5.10. The van der Waals surface area contributed by atoms with Gasteiger partial charge >= 0.3 is 5.97 Å². The fraction of sp³-hybridized carbons (Fsp3) is 0.176. The molecule has 0 unspecified atom stereocenters. The minimum Gasteiger partial charge on any atom is -0.497 e. The summed E-state index contributed by atoms with van der Waals surface area (Å²) in [6.07, 6.45) is 0. The SMILES string of the molecule is COc1ccc(CNC(=O)COC(=O)c2cccc(F)c2)cc1. The van der Waals surface area contributed by atoms with Gasteiger partial charge < -0.3 is 14.8 Å². The van der Waals surface area contributed by atoms with Crippen molar-refractivity contribution in [2.45, 2.75) is 6.54 Å². The highest BCUT2D eigenvalue weighted by molar-refractivity contribution is 5.91. The second-order valence-electron chi connectivity index (χ2n) is 4.71. The standard InChI is InChI=1S/C17H16FNO4/c1-22-15-7-5-12(6-8-15)10-19-16(20)11-23-17(21)13-3-2-4-14(18)9-13/h2-9H,10-11H2,1H3,(H,19,20). The molecular weight excluding hydrogens is 301 g/mol. The summed E-state index contributed by atoms with van der Waals surface area (Å²) >= 11 is 0. The summed E-state index contributed by atoms with van der Waals surface area (Å²) in [5.74, 6) is -0.998. The summed E-state index contributed by atoms with van der Waals surface area (Å²) < 4.78 is 22.9. The highest BCUT2D eigenvalue weighted by Crippen LogP contribution is 2.11. The molecule has 0 atom stereocenters. The van der Waals surface area contributed by atoms with Gasteiger partial charge in [-0.25, -0.2) is 9.18 Å². The lowest BCUT2D eigenvalue weighted by atomic mass is 10.2. The van der Waals surface area contributed by atoms with E-state index in [1.165, 1.54) is 18.2 Å². The third-order valence-electron chi connectivity index (χ3n) is 3.04. The molecule has 0 spiro atoms. The monoisotopic (exact) mass is 317 g/mol. The Kier molecular flexibility index (Phi) is 5.68. The second-order valence-corrected chi connectivity index (χ2v) is 4.71. The first-order chi connectivity index (χ1) is 11.1. The van der Waals surface area contributed by atoms with Crippen LogP contribution in [0.1, 0.15) is 15.9 Å². The smallest absolute Gasteiger partial charge is 0.338 e. The summed E-state index contributed by atoms with van der Waals surface area (Å²) in [6.45, 7) is -0.119. The van der Waals surface area contributed by atoms with Crippen molar-refractivity contribution < 1.29 is 23.5 Å². The maximum absolute atomic E-state index is 13.0. The molecule has 0 saturated carbocycles. The number of hydrogen-bond acceptors (Lipinski definition) is 4. The Morgan fingerprint density at radius 1 is 1.13 bits per heavy atom. The topological polar surface area (TPSA) is 64.6 Å². The number of rotatable bonds is 6. The summed E-state index contributed by atoms with van der Waals surface area (Å²) in [5.41, 5.74) is 0.948. The van der Waals surface area contributed by atoms with Gasteiger partial charge in [-0.2, -0.15) is 0 Å². The number of ether oxygens (including phenoxy) is 2. The average Bonchev–Trinajstić information content (AvgIpc) is 2.58. The van der Waals surface area contributed by atoms with Crippen LogP contribution in [0.3, 0.4) is 0 Å². The van der Waals surface area contributed by atoms with Crippen molar-refractivity contribution in [1.29, 1.82) is 0 Å². The lowest BCUT2D eigenvalue weighted by molar-refractivity contribution is -0.124. The molecule has 1 N–H and O–H groups in total. The molecule has 0 bridgehead atoms. The number of carbonyl (C=O) groups is 2. The Morgan fingerprint density at radius 2 is 1.87 bits per heavy atom. The lowest BCUT2D eigenvalue weighted by Gasteiger charge is -2.07. The molecule has 0 saturated heterocycles. The van der Waals surface area contributed by atoms with Crippen molar-refractivity contribution in [2.24, 2.45) is 0 Å². The maximum Gasteiger partial charge on any atom is 0.338 e. The van der Waals surface area contributed by atoms with Crippen molar-refractivity contribution in [3.8, 4) is 5.75 Å². The van der Waals surface area contributed by atoms with Crippen molar-refractivity contribution >= 4 is 11.9 Å². The maximum atomic E-state index is 13.0. The van der Waals surface area contributed by atoms with Crippen molar-refractivity contribution in [2.75, 3.05) is 13.7 Å². The van der Waals surface area contributed by atoms with E-state index in [0.29, 0.717) is 6.54 Å². The van der Waals surface area contributed by atoms with E-state index in [9.17, 15) is 14.0 Å². The Bertz CT molecular complexity index is 685. The molecule has 6 heteroatoms. The number of nitrogens with one attached hydrogen (secondary N) is 1. The summed E-state index contributed by atoms with van der Waals surface area (Å²) in [5, 5.41) is 2.62. The molecule has 1 amide bonds. The quantitative estimate of drug-likeness (QED) is 0.830. The van der Waals surface area contributed by atoms with Gasteiger partial charge in [-0.15, -0.1) is 0 Å². The lowest BCUT2D eigenvalue weighted by Crippen LogP contribution is -2.28. The van der Waals surface area contributed by atoms with Gasteiger partial charge in [-0.05, 0) is 35.9 Å². The number of benzene rings is 2. The fourth-order valence-electron chi connectivity index (χ4n) is 1.82. The predicted molar refractivity (Wildman–Crippen MR) is 81.5 cm³/mol. The Morgan fingerprint density at radius 3 is 2.52 bits per heavy atom. The zero-order chi connectivity index (χ0) is 16.7.